The first-order valence-electron chi connectivity index (χ1n) is 7.97. The van der Waals surface area contributed by atoms with Crippen LogP contribution in [-0.4, -0.2) is 24.8 Å². The summed E-state index contributed by atoms with van der Waals surface area (Å²) in [6.45, 7) is 2.20. The van der Waals surface area contributed by atoms with Gasteiger partial charge in [-0.05, 0) is 37.3 Å². The van der Waals surface area contributed by atoms with Gasteiger partial charge < -0.3 is 14.2 Å². The van der Waals surface area contributed by atoms with Gasteiger partial charge in [0.25, 0.3) is 5.91 Å². The van der Waals surface area contributed by atoms with Gasteiger partial charge in [-0.3, -0.25) is 10.1 Å². The Hall–Kier alpha value is -3.06. The van der Waals surface area contributed by atoms with E-state index in [0.717, 1.165) is 21.9 Å². The lowest BCUT2D eigenvalue weighted by Crippen LogP contribution is -2.12. The van der Waals surface area contributed by atoms with Crippen molar-refractivity contribution < 1.29 is 19.0 Å². The van der Waals surface area contributed by atoms with E-state index in [4.69, 9.17) is 14.2 Å². The summed E-state index contributed by atoms with van der Waals surface area (Å²) in [5, 5.41) is 3.38. The molecule has 0 radical (unpaired) electrons. The SMILES string of the molecule is COc1ccccc1C(=O)Nc1nc(-c2ccc3c(c2)OCO3)c(C)s1. The van der Waals surface area contributed by atoms with Gasteiger partial charge in [-0.25, -0.2) is 4.98 Å². The van der Waals surface area contributed by atoms with Gasteiger partial charge >= 0.3 is 0 Å². The molecule has 2 heterocycles. The number of ether oxygens (including phenoxy) is 3. The summed E-state index contributed by atoms with van der Waals surface area (Å²) in [7, 11) is 1.54. The van der Waals surface area contributed by atoms with Crippen LogP contribution >= 0.6 is 11.3 Å². The van der Waals surface area contributed by atoms with Crippen LogP contribution in [0.15, 0.2) is 42.5 Å². The summed E-state index contributed by atoms with van der Waals surface area (Å²) in [5.74, 6) is 1.70. The third-order valence-corrected chi connectivity index (χ3v) is 4.90. The maximum atomic E-state index is 12.5. The number of para-hydroxylation sites is 1. The maximum absolute atomic E-state index is 12.5. The zero-order valence-corrected chi connectivity index (χ0v) is 15.1. The number of fused-ring (bicyclic) bond motifs is 1. The lowest BCUT2D eigenvalue weighted by Gasteiger charge is -2.07. The first-order valence-corrected chi connectivity index (χ1v) is 8.79. The highest BCUT2D eigenvalue weighted by Crippen LogP contribution is 2.38. The Labute approximate surface area is 154 Å². The number of aromatic nitrogens is 1. The molecule has 1 aliphatic heterocycles. The summed E-state index contributed by atoms with van der Waals surface area (Å²) in [4.78, 5) is 18.1. The molecule has 1 N–H and O–H groups in total. The molecular formula is C19H16N2O4S. The number of hydrogen-bond donors (Lipinski definition) is 1. The van der Waals surface area contributed by atoms with Crippen molar-refractivity contribution in [1.82, 2.24) is 4.98 Å². The summed E-state index contributed by atoms with van der Waals surface area (Å²) < 4.78 is 16.0. The number of nitrogens with zero attached hydrogens (tertiary/aromatic N) is 1. The Morgan fingerprint density at radius 3 is 2.85 bits per heavy atom. The van der Waals surface area contributed by atoms with Gasteiger partial charge in [0, 0.05) is 10.4 Å². The topological polar surface area (TPSA) is 69.7 Å². The average molecular weight is 368 g/mol. The van der Waals surface area contributed by atoms with Gasteiger partial charge in [-0.1, -0.05) is 12.1 Å². The van der Waals surface area contributed by atoms with Gasteiger partial charge in [0.2, 0.25) is 6.79 Å². The minimum Gasteiger partial charge on any atom is -0.496 e. The van der Waals surface area contributed by atoms with Crippen LogP contribution < -0.4 is 19.5 Å². The molecule has 6 nitrogen and oxygen atoms in total. The highest BCUT2D eigenvalue weighted by Gasteiger charge is 2.18. The van der Waals surface area contributed by atoms with Crippen molar-refractivity contribution in [2.24, 2.45) is 0 Å². The van der Waals surface area contributed by atoms with Crippen molar-refractivity contribution in [2.45, 2.75) is 6.92 Å². The van der Waals surface area contributed by atoms with E-state index in [1.807, 2.05) is 31.2 Å². The zero-order chi connectivity index (χ0) is 18.1. The van der Waals surface area contributed by atoms with Gasteiger partial charge in [0.1, 0.15) is 5.75 Å². The fourth-order valence-corrected chi connectivity index (χ4v) is 3.59. The Kier molecular flexibility index (Phi) is 4.22. The van der Waals surface area contributed by atoms with Crippen molar-refractivity contribution in [3.63, 3.8) is 0 Å². The Morgan fingerprint density at radius 2 is 2.00 bits per heavy atom. The molecule has 1 amide bonds. The smallest absolute Gasteiger partial charge is 0.261 e. The molecule has 7 heteroatoms. The van der Waals surface area contributed by atoms with Gasteiger partial charge in [-0.2, -0.15) is 0 Å². The fourth-order valence-electron chi connectivity index (χ4n) is 2.76. The highest BCUT2D eigenvalue weighted by atomic mass is 32.1. The van der Waals surface area contributed by atoms with Crippen LogP contribution in [0.3, 0.4) is 0 Å². The first-order chi connectivity index (χ1) is 12.7. The minimum atomic E-state index is -0.256. The summed E-state index contributed by atoms with van der Waals surface area (Å²) in [5.41, 5.74) is 2.19. The summed E-state index contributed by atoms with van der Waals surface area (Å²) >= 11 is 1.42. The van der Waals surface area contributed by atoms with Crippen molar-refractivity contribution in [2.75, 3.05) is 19.2 Å². The molecule has 4 rings (SSSR count). The number of rotatable bonds is 4. The normalized spacial score (nSPS) is 12.1. The van der Waals surface area contributed by atoms with E-state index in [1.54, 1.807) is 18.2 Å². The molecule has 132 valence electrons. The van der Waals surface area contributed by atoms with Gasteiger partial charge in [0.05, 0.1) is 18.4 Å². The van der Waals surface area contributed by atoms with E-state index >= 15 is 0 Å². The van der Waals surface area contributed by atoms with Crippen molar-refractivity contribution in [3.05, 3.63) is 52.9 Å². The predicted molar refractivity (Wildman–Crippen MR) is 99.4 cm³/mol. The van der Waals surface area contributed by atoms with E-state index < -0.39 is 0 Å². The first kappa shape index (κ1) is 16.4. The number of amides is 1. The molecule has 0 bridgehead atoms. The molecule has 0 aliphatic carbocycles. The number of nitrogens with one attached hydrogen (secondary N) is 1. The molecule has 0 spiro atoms. The Bertz CT molecular complexity index is 983. The predicted octanol–water partition coefficient (Wildman–Crippen LogP) is 4.11. The molecule has 2 aromatic carbocycles. The monoisotopic (exact) mass is 368 g/mol. The summed E-state index contributed by atoms with van der Waals surface area (Å²) in [6.07, 6.45) is 0. The second-order valence-corrected chi connectivity index (χ2v) is 6.85. The lowest BCUT2D eigenvalue weighted by molar-refractivity contribution is 0.102. The van der Waals surface area contributed by atoms with Crippen LogP contribution in [0.25, 0.3) is 11.3 Å². The van der Waals surface area contributed by atoms with E-state index in [1.165, 1.54) is 18.4 Å². The standard InChI is InChI=1S/C19H16N2O4S/c1-11-17(12-7-8-15-16(9-12)25-10-24-15)20-19(26-11)21-18(22)13-5-3-4-6-14(13)23-2/h3-9H,10H2,1-2H3,(H,20,21,22). The van der Waals surface area contributed by atoms with Crippen LogP contribution in [0.2, 0.25) is 0 Å². The number of hydrogen-bond acceptors (Lipinski definition) is 6. The number of carbonyl (C=O) groups is 1. The second kappa shape index (κ2) is 6.68. The Morgan fingerprint density at radius 1 is 1.19 bits per heavy atom. The molecule has 1 aliphatic rings. The molecule has 26 heavy (non-hydrogen) atoms. The number of methoxy groups -OCH3 is 1. The number of carbonyl (C=O) groups excluding carboxylic acids is 1. The number of thiazole rings is 1. The van der Waals surface area contributed by atoms with E-state index in [-0.39, 0.29) is 12.7 Å². The second-order valence-electron chi connectivity index (χ2n) is 5.65. The fraction of sp³-hybridized carbons (Fsp3) is 0.158. The van der Waals surface area contributed by atoms with Gasteiger partial charge in [-0.15, -0.1) is 11.3 Å². The van der Waals surface area contributed by atoms with Crippen LogP contribution in [0.4, 0.5) is 5.13 Å². The molecule has 0 fully saturated rings. The van der Waals surface area contributed by atoms with Crippen LogP contribution in [0.5, 0.6) is 17.2 Å². The number of benzene rings is 2. The molecule has 1 aromatic heterocycles. The van der Waals surface area contributed by atoms with Crippen molar-refractivity contribution in [3.8, 4) is 28.5 Å². The quantitative estimate of drug-likeness (QED) is 0.750. The molecule has 0 saturated carbocycles. The van der Waals surface area contributed by atoms with Crippen LogP contribution in [0, 0.1) is 6.92 Å². The molecule has 0 unspecified atom stereocenters. The maximum Gasteiger partial charge on any atom is 0.261 e. The minimum absolute atomic E-state index is 0.231. The zero-order valence-electron chi connectivity index (χ0n) is 14.2. The van der Waals surface area contributed by atoms with Crippen molar-refractivity contribution in [1.29, 1.82) is 0 Å². The molecule has 0 saturated heterocycles. The number of aryl methyl sites for hydroxylation is 1. The van der Waals surface area contributed by atoms with Crippen LogP contribution in [0.1, 0.15) is 15.2 Å². The van der Waals surface area contributed by atoms with Gasteiger partial charge in [0.15, 0.2) is 16.6 Å². The third-order valence-electron chi connectivity index (χ3n) is 4.01. The average Bonchev–Trinajstić information content (AvgIpc) is 3.27. The number of anilines is 1. The van der Waals surface area contributed by atoms with E-state index in [0.29, 0.717) is 22.2 Å². The lowest BCUT2D eigenvalue weighted by atomic mass is 10.1. The van der Waals surface area contributed by atoms with Crippen LogP contribution in [-0.2, 0) is 0 Å². The summed E-state index contributed by atoms with van der Waals surface area (Å²) in [6, 6.07) is 12.8. The Balaban J connectivity index is 1.60. The van der Waals surface area contributed by atoms with E-state index in [9.17, 15) is 4.79 Å². The molecule has 0 atom stereocenters. The largest absolute Gasteiger partial charge is 0.496 e. The highest BCUT2D eigenvalue weighted by molar-refractivity contribution is 7.16. The molecule has 3 aromatic rings. The van der Waals surface area contributed by atoms with E-state index in [2.05, 4.69) is 10.3 Å². The third kappa shape index (κ3) is 2.97. The molecular weight excluding hydrogens is 352 g/mol. The van der Waals surface area contributed by atoms with Crippen molar-refractivity contribution >= 4 is 22.4 Å².